The topological polar surface area (TPSA) is 102 Å². The molecule has 0 radical (unpaired) electrons. The summed E-state index contributed by atoms with van der Waals surface area (Å²) in [6.45, 7) is 3.95. The minimum atomic E-state index is -0.400. The van der Waals surface area contributed by atoms with E-state index in [0.29, 0.717) is 38.9 Å². The lowest BCUT2D eigenvalue weighted by molar-refractivity contribution is 0.209. The number of thiophene rings is 2. The normalized spacial score (nSPS) is 17.9. The van der Waals surface area contributed by atoms with Gasteiger partial charge in [-0.05, 0) is 43.0 Å². The summed E-state index contributed by atoms with van der Waals surface area (Å²) in [6, 6.07) is 7.98. The minimum Gasteiger partial charge on any atom is -0.496 e. The monoisotopic (exact) mass is 633 g/mol. The maximum Gasteiger partial charge on any atom is 0.328 e. The van der Waals surface area contributed by atoms with Gasteiger partial charge in [0.25, 0.3) is 5.56 Å². The van der Waals surface area contributed by atoms with Gasteiger partial charge >= 0.3 is 5.69 Å². The summed E-state index contributed by atoms with van der Waals surface area (Å²) in [5.74, 6) is 2.67. The molecule has 0 aliphatic carbocycles. The van der Waals surface area contributed by atoms with Crippen LogP contribution in [0.25, 0.3) is 31.8 Å². The Labute approximate surface area is 256 Å². The fourth-order valence-corrected chi connectivity index (χ4v) is 7.55. The Morgan fingerprint density at radius 1 is 1.15 bits per heavy atom. The number of fused-ring (bicyclic) bond motifs is 6. The van der Waals surface area contributed by atoms with Crippen LogP contribution in [0.4, 0.5) is 0 Å². The second-order valence-corrected chi connectivity index (χ2v) is 11.9. The largest absolute Gasteiger partial charge is 0.496 e. The van der Waals surface area contributed by atoms with Crippen LogP contribution in [0.5, 0.6) is 11.5 Å². The van der Waals surface area contributed by atoms with Gasteiger partial charge in [0.15, 0.2) is 0 Å². The lowest BCUT2D eigenvalue weighted by atomic mass is 9.86. The van der Waals surface area contributed by atoms with Crippen molar-refractivity contribution in [3.63, 3.8) is 0 Å². The number of hydrogen-bond donors (Lipinski definition) is 1. The van der Waals surface area contributed by atoms with Crippen molar-refractivity contribution in [1.82, 2.24) is 24.4 Å². The smallest absolute Gasteiger partial charge is 0.328 e. The number of rotatable bonds is 7. The second kappa shape index (κ2) is 12.1. The highest BCUT2D eigenvalue weighted by Gasteiger charge is 2.40. The molecule has 5 aromatic rings. The van der Waals surface area contributed by atoms with Crippen molar-refractivity contribution < 1.29 is 9.47 Å². The number of H-pyrrole nitrogens is 1. The number of aromatic amines is 1. The number of likely N-dealkylation sites (tertiary alicyclic amines) is 1. The maximum absolute atomic E-state index is 13.3. The first kappa shape index (κ1) is 29.5. The predicted molar refractivity (Wildman–Crippen MR) is 168 cm³/mol. The second-order valence-electron chi connectivity index (χ2n) is 10.1. The summed E-state index contributed by atoms with van der Waals surface area (Å²) < 4.78 is 13.5. The van der Waals surface area contributed by atoms with Crippen LogP contribution in [-0.4, -0.2) is 57.8 Å². The first-order valence-electron chi connectivity index (χ1n) is 13.1. The molecule has 0 unspecified atom stereocenters. The van der Waals surface area contributed by atoms with Gasteiger partial charge in [-0.15, -0.1) is 36.2 Å². The van der Waals surface area contributed by atoms with E-state index < -0.39 is 5.69 Å². The predicted octanol–water partition coefficient (Wildman–Crippen LogP) is 5.16. The number of ether oxygens (including phenoxy) is 2. The van der Waals surface area contributed by atoms with E-state index in [2.05, 4.69) is 14.9 Å². The van der Waals surface area contributed by atoms with Crippen LogP contribution >= 0.6 is 47.5 Å². The Hall–Kier alpha value is -2.96. The van der Waals surface area contributed by atoms with Crippen molar-refractivity contribution >= 4 is 68.1 Å². The zero-order valence-electron chi connectivity index (χ0n) is 22.2. The van der Waals surface area contributed by atoms with Gasteiger partial charge < -0.3 is 19.4 Å². The summed E-state index contributed by atoms with van der Waals surface area (Å²) in [7, 11) is 1.71. The lowest BCUT2D eigenvalue weighted by Crippen LogP contribution is -2.34. The van der Waals surface area contributed by atoms with E-state index in [1.807, 2.05) is 35.0 Å². The number of hydrogen-bond acceptors (Lipinski definition) is 9. The van der Waals surface area contributed by atoms with Gasteiger partial charge in [0.1, 0.15) is 26.5 Å². The van der Waals surface area contributed by atoms with E-state index in [-0.39, 0.29) is 30.4 Å². The average Bonchev–Trinajstić information content (AvgIpc) is 3.71. The van der Waals surface area contributed by atoms with Crippen LogP contribution in [0.3, 0.4) is 0 Å². The van der Waals surface area contributed by atoms with Crippen molar-refractivity contribution in [2.75, 3.05) is 33.4 Å². The van der Waals surface area contributed by atoms with Crippen LogP contribution in [0.2, 0.25) is 0 Å². The molecule has 1 aromatic carbocycles. The molecule has 2 aliphatic rings. The third-order valence-electron chi connectivity index (χ3n) is 7.83. The average molecular weight is 635 g/mol. The lowest BCUT2D eigenvalue weighted by Gasteiger charge is -2.29. The standard InChI is InChI=1S/C28H27N5O4S2.2ClH/c1-36-20-5-4-6-21-22(20)18-13-32(12-17(18)14-37-21)8-2-3-9-33-27(34)25-23(31-28(33)35)24-26(39-25)29-11-19(30-24)16-7-10-38-15-16;;/h4-7,10-11,15,17-18H,2-3,8-9,12-14H2,1H3,(H,31,35);2*1H/t17-,18-;;/m1../s1. The van der Waals surface area contributed by atoms with E-state index in [0.717, 1.165) is 61.8 Å². The molecule has 4 aromatic heterocycles. The molecule has 1 N–H and O–H groups in total. The highest BCUT2D eigenvalue weighted by molar-refractivity contribution is 7.25. The first-order valence-corrected chi connectivity index (χ1v) is 14.8. The quantitative estimate of drug-likeness (QED) is 0.247. The number of aromatic nitrogens is 4. The number of methoxy groups -OCH3 is 1. The molecular formula is C28H29Cl2N5O4S2. The Balaban J connectivity index is 0.00000169. The van der Waals surface area contributed by atoms with Crippen molar-refractivity contribution in [1.29, 1.82) is 0 Å². The van der Waals surface area contributed by atoms with E-state index >= 15 is 0 Å². The van der Waals surface area contributed by atoms with E-state index in [1.54, 1.807) is 24.6 Å². The third kappa shape index (κ3) is 5.25. The molecule has 0 spiro atoms. The Bertz CT molecular complexity index is 1790. The Kier molecular flexibility index (Phi) is 8.72. The molecule has 9 nitrogen and oxygen atoms in total. The van der Waals surface area contributed by atoms with Gasteiger partial charge in [-0.2, -0.15) is 11.3 Å². The molecule has 1 saturated heterocycles. The van der Waals surface area contributed by atoms with Crippen LogP contribution in [0, 0.1) is 5.92 Å². The highest BCUT2D eigenvalue weighted by atomic mass is 35.5. The molecule has 6 heterocycles. The molecule has 0 amide bonds. The summed E-state index contributed by atoms with van der Waals surface area (Å²) >= 11 is 2.86. The van der Waals surface area contributed by atoms with Crippen LogP contribution in [0.1, 0.15) is 24.3 Å². The summed E-state index contributed by atoms with van der Waals surface area (Å²) in [5.41, 5.74) is 3.24. The van der Waals surface area contributed by atoms with Crippen molar-refractivity contribution in [2.45, 2.75) is 25.3 Å². The zero-order valence-corrected chi connectivity index (χ0v) is 25.5. The fourth-order valence-electron chi connectivity index (χ4n) is 5.91. The van der Waals surface area contributed by atoms with Crippen LogP contribution in [0.15, 0.2) is 50.8 Å². The Morgan fingerprint density at radius 3 is 2.80 bits per heavy atom. The molecule has 1 fully saturated rings. The first-order chi connectivity index (χ1) is 19.1. The number of benzene rings is 1. The van der Waals surface area contributed by atoms with Crippen molar-refractivity contribution in [3.8, 4) is 22.8 Å². The van der Waals surface area contributed by atoms with Crippen LogP contribution in [-0.2, 0) is 6.54 Å². The van der Waals surface area contributed by atoms with Gasteiger partial charge in [-0.25, -0.2) is 14.8 Å². The van der Waals surface area contributed by atoms with Gasteiger partial charge in [0.05, 0.1) is 31.1 Å². The fraction of sp³-hybridized carbons (Fsp3) is 0.357. The molecule has 0 bridgehead atoms. The third-order valence-corrected chi connectivity index (χ3v) is 9.59. The van der Waals surface area contributed by atoms with Crippen LogP contribution < -0.4 is 20.7 Å². The zero-order chi connectivity index (χ0) is 26.5. The molecule has 216 valence electrons. The van der Waals surface area contributed by atoms with Gasteiger partial charge in [0, 0.05) is 48.0 Å². The van der Waals surface area contributed by atoms with E-state index in [9.17, 15) is 9.59 Å². The number of nitrogens with one attached hydrogen (secondary N) is 1. The molecular weight excluding hydrogens is 605 g/mol. The number of halogens is 2. The van der Waals surface area contributed by atoms with E-state index in [1.165, 1.54) is 21.5 Å². The maximum atomic E-state index is 13.3. The molecule has 0 saturated carbocycles. The summed E-state index contributed by atoms with van der Waals surface area (Å²) in [4.78, 5) is 41.5. The van der Waals surface area contributed by atoms with Crippen molar-refractivity contribution in [3.05, 3.63) is 67.6 Å². The SMILES string of the molecule is COc1cccc2c1[C@@H]1CN(CCCCn3c(=O)[nH]c4c(sc5ncc(-c6ccsc6)nc54)c3=O)C[C@@H]1CO2.Cl.Cl. The molecule has 41 heavy (non-hydrogen) atoms. The molecule has 7 rings (SSSR count). The molecule has 13 heteroatoms. The number of nitrogens with zero attached hydrogens (tertiary/aromatic N) is 4. The van der Waals surface area contributed by atoms with E-state index in [4.69, 9.17) is 14.5 Å². The number of unbranched alkanes of at least 4 members (excludes halogenated alkanes) is 1. The molecule has 2 aliphatic heterocycles. The molecule has 2 atom stereocenters. The Morgan fingerprint density at radius 2 is 2.00 bits per heavy atom. The summed E-state index contributed by atoms with van der Waals surface area (Å²) in [5, 5.41) is 3.98. The highest BCUT2D eigenvalue weighted by Crippen LogP contribution is 2.46. The van der Waals surface area contributed by atoms with Gasteiger partial charge in [-0.1, -0.05) is 6.07 Å². The van der Waals surface area contributed by atoms with Gasteiger partial charge in [-0.3, -0.25) is 9.36 Å². The minimum absolute atomic E-state index is 0. The summed E-state index contributed by atoms with van der Waals surface area (Å²) in [6.07, 6.45) is 3.34. The van der Waals surface area contributed by atoms with Crippen molar-refractivity contribution in [2.24, 2.45) is 5.92 Å². The van der Waals surface area contributed by atoms with Gasteiger partial charge in [0.2, 0.25) is 0 Å².